The Bertz CT molecular complexity index is 1120. The van der Waals surface area contributed by atoms with Crippen molar-refractivity contribution in [3.8, 4) is 0 Å². The number of rotatable bonds is 5. The van der Waals surface area contributed by atoms with Crippen LogP contribution in [0.25, 0.3) is 11.1 Å². The molecule has 2 amide bonds. The van der Waals surface area contributed by atoms with Crippen LogP contribution in [0.3, 0.4) is 0 Å². The van der Waals surface area contributed by atoms with Gasteiger partial charge in [0.1, 0.15) is 11.2 Å². The van der Waals surface area contributed by atoms with E-state index in [1.807, 2.05) is 35.8 Å². The highest BCUT2D eigenvalue weighted by Gasteiger charge is 2.48. The number of nitrogens with zero attached hydrogens (tertiary/aromatic N) is 2. The average Bonchev–Trinajstić information content (AvgIpc) is 3.38. The first kappa shape index (κ1) is 20.9. The molecule has 0 spiro atoms. The van der Waals surface area contributed by atoms with Crippen LogP contribution in [-0.2, 0) is 17.8 Å². The van der Waals surface area contributed by atoms with Crippen molar-refractivity contribution in [2.24, 2.45) is 5.92 Å². The van der Waals surface area contributed by atoms with Gasteiger partial charge in [-0.15, -0.1) is 0 Å². The summed E-state index contributed by atoms with van der Waals surface area (Å²) in [6, 6.07) is 14.0. The molecule has 1 fully saturated rings. The molecule has 3 aromatic rings. The summed E-state index contributed by atoms with van der Waals surface area (Å²) in [7, 11) is 0. The Balaban J connectivity index is 1.45. The maximum atomic E-state index is 13.7. The molecule has 0 saturated heterocycles. The standard InChI is InChI=1S/C26H31N3O3/c1-18-8-10-20(11-9-18)27-25(31)26(2)17-28-21-13-15-32-23(21)16-22(28)24(30)29(26)14-12-19-6-4-3-5-7-19/h3-7,13,15-16,18,20H,8-12,14,17H2,1-2H3,(H,27,31)/t18?,20?,26-/m0/s1. The lowest BCUT2D eigenvalue weighted by Gasteiger charge is -2.45. The number of carbonyl (C=O) groups is 2. The van der Waals surface area contributed by atoms with Crippen molar-refractivity contribution in [2.45, 2.75) is 64.1 Å². The Kier molecular flexibility index (Phi) is 5.31. The molecule has 6 nitrogen and oxygen atoms in total. The fourth-order valence-electron chi connectivity index (χ4n) is 5.25. The molecule has 2 aromatic heterocycles. The highest BCUT2D eigenvalue weighted by atomic mass is 16.3. The van der Waals surface area contributed by atoms with E-state index < -0.39 is 5.54 Å². The van der Waals surface area contributed by atoms with Gasteiger partial charge in [-0.3, -0.25) is 9.59 Å². The summed E-state index contributed by atoms with van der Waals surface area (Å²) in [4.78, 5) is 29.1. The Morgan fingerprint density at radius 1 is 1.16 bits per heavy atom. The molecule has 1 saturated carbocycles. The van der Waals surface area contributed by atoms with Gasteiger partial charge in [-0.05, 0) is 50.5 Å². The molecule has 2 aliphatic rings. The van der Waals surface area contributed by atoms with Crippen LogP contribution in [0.15, 0.2) is 53.1 Å². The number of hydrogen-bond donors (Lipinski definition) is 1. The van der Waals surface area contributed by atoms with E-state index in [9.17, 15) is 9.59 Å². The number of aromatic nitrogens is 1. The second-order valence-corrected chi connectivity index (χ2v) is 9.68. The van der Waals surface area contributed by atoms with Crippen molar-refractivity contribution < 1.29 is 14.0 Å². The van der Waals surface area contributed by atoms with E-state index in [-0.39, 0.29) is 17.9 Å². The van der Waals surface area contributed by atoms with E-state index in [4.69, 9.17) is 4.42 Å². The molecule has 1 atom stereocenters. The third-order valence-electron chi connectivity index (χ3n) is 7.36. The van der Waals surface area contributed by atoms with E-state index in [1.54, 1.807) is 17.2 Å². The van der Waals surface area contributed by atoms with Crippen molar-refractivity contribution in [2.75, 3.05) is 6.54 Å². The first-order valence-electron chi connectivity index (χ1n) is 11.7. The van der Waals surface area contributed by atoms with Crippen LogP contribution in [0.5, 0.6) is 0 Å². The number of hydrogen-bond acceptors (Lipinski definition) is 3. The molecule has 168 valence electrons. The summed E-state index contributed by atoms with van der Waals surface area (Å²) in [5.74, 6) is 0.539. The minimum Gasteiger partial charge on any atom is -0.463 e. The molecular weight excluding hydrogens is 402 g/mol. The fourth-order valence-corrected chi connectivity index (χ4v) is 5.25. The first-order chi connectivity index (χ1) is 15.5. The number of fused-ring (bicyclic) bond motifs is 3. The van der Waals surface area contributed by atoms with E-state index in [2.05, 4.69) is 24.4 Å². The summed E-state index contributed by atoms with van der Waals surface area (Å²) in [5.41, 5.74) is 2.32. The van der Waals surface area contributed by atoms with Crippen molar-refractivity contribution in [1.29, 1.82) is 0 Å². The predicted octanol–water partition coefficient (Wildman–Crippen LogP) is 4.39. The minimum atomic E-state index is -0.967. The fraction of sp³-hybridized carbons (Fsp3) is 0.462. The van der Waals surface area contributed by atoms with Crippen LogP contribution < -0.4 is 5.32 Å². The second-order valence-electron chi connectivity index (χ2n) is 9.68. The van der Waals surface area contributed by atoms with Gasteiger partial charge in [-0.25, -0.2) is 0 Å². The van der Waals surface area contributed by atoms with Gasteiger partial charge >= 0.3 is 0 Å². The van der Waals surface area contributed by atoms with Crippen LogP contribution in [0.4, 0.5) is 0 Å². The van der Waals surface area contributed by atoms with Crippen molar-refractivity contribution >= 4 is 22.9 Å². The number of nitrogens with one attached hydrogen (secondary N) is 1. The van der Waals surface area contributed by atoms with Gasteiger partial charge in [-0.1, -0.05) is 37.3 Å². The van der Waals surface area contributed by atoms with Crippen LogP contribution >= 0.6 is 0 Å². The third kappa shape index (κ3) is 3.61. The number of amides is 2. The van der Waals surface area contributed by atoms with Gasteiger partial charge in [-0.2, -0.15) is 0 Å². The second kappa shape index (κ2) is 8.15. The Hall–Kier alpha value is -3.02. The van der Waals surface area contributed by atoms with Gasteiger partial charge in [0.15, 0.2) is 5.58 Å². The third-order valence-corrected chi connectivity index (χ3v) is 7.36. The molecule has 0 radical (unpaired) electrons. The monoisotopic (exact) mass is 433 g/mol. The maximum absolute atomic E-state index is 13.7. The molecule has 0 unspecified atom stereocenters. The largest absolute Gasteiger partial charge is 0.463 e. The summed E-state index contributed by atoms with van der Waals surface area (Å²) in [5, 5.41) is 3.29. The topological polar surface area (TPSA) is 67.5 Å². The normalized spacial score (nSPS) is 25.7. The highest BCUT2D eigenvalue weighted by Crippen LogP contribution is 2.33. The summed E-state index contributed by atoms with van der Waals surface area (Å²) in [6.45, 7) is 5.08. The summed E-state index contributed by atoms with van der Waals surface area (Å²) < 4.78 is 7.50. The Morgan fingerprint density at radius 2 is 1.91 bits per heavy atom. The van der Waals surface area contributed by atoms with Crippen LogP contribution in [0.2, 0.25) is 0 Å². The molecule has 32 heavy (non-hydrogen) atoms. The van der Waals surface area contributed by atoms with Crippen molar-refractivity contribution in [3.63, 3.8) is 0 Å². The van der Waals surface area contributed by atoms with Crippen LogP contribution in [-0.4, -0.2) is 39.4 Å². The summed E-state index contributed by atoms with van der Waals surface area (Å²) in [6.07, 6.45) is 6.60. The number of benzene rings is 1. The zero-order valence-corrected chi connectivity index (χ0v) is 18.8. The predicted molar refractivity (Wildman–Crippen MR) is 123 cm³/mol. The zero-order valence-electron chi connectivity index (χ0n) is 18.8. The molecule has 1 aliphatic carbocycles. The smallest absolute Gasteiger partial charge is 0.271 e. The molecule has 3 heterocycles. The summed E-state index contributed by atoms with van der Waals surface area (Å²) >= 11 is 0. The van der Waals surface area contributed by atoms with Gasteiger partial charge in [0, 0.05) is 24.7 Å². The Labute approximate surface area is 188 Å². The minimum absolute atomic E-state index is 0.0607. The van der Waals surface area contributed by atoms with Crippen LogP contribution in [0.1, 0.15) is 55.6 Å². The van der Waals surface area contributed by atoms with Crippen molar-refractivity contribution in [3.05, 3.63) is 60.0 Å². The van der Waals surface area contributed by atoms with Gasteiger partial charge in [0.2, 0.25) is 5.91 Å². The van der Waals surface area contributed by atoms with Crippen LogP contribution in [0, 0.1) is 5.92 Å². The highest BCUT2D eigenvalue weighted by molar-refractivity contribution is 6.02. The van der Waals surface area contributed by atoms with E-state index in [0.717, 1.165) is 36.8 Å². The van der Waals surface area contributed by atoms with E-state index >= 15 is 0 Å². The molecule has 1 N–H and O–H groups in total. The molecular formula is C26H31N3O3. The van der Waals surface area contributed by atoms with Crippen molar-refractivity contribution in [1.82, 2.24) is 14.8 Å². The lowest BCUT2D eigenvalue weighted by Crippen LogP contribution is -2.65. The molecule has 0 bridgehead atoms. The lowest BCUT2D eigenvalue weighted by atomic mass is 9.86. The first-order valence-corrected chi connectivity index (χ1v) is 11.7. The number of carbonyl (C=O) groups excluding carboxylic acids is 2. The zero-order chi connectivity index (χ0) is 22.3. The maximum Gasteiger partial charge on any atom is 0.271 e. The SMILES string of the molecule is CC1CCC(NC(=O)[C@]2(C)Cn3c(cc4occc43)C(=O)N2CCc2ccccc2)CC1. The van der Waals surface area contributed by atoms with Gasteiger partial charge in [0.05, 0.1) is 18.3 Å². The molecule has 1 aromatic carbocycles. The van der Waals surface area contributed by atoms with Gasteiger partial charge < -0.3 is 19.2 Å². The quantitative estimate of drug-likeness (QED) is 0.649. The van der Waals surface area contributed by atoms with E-state index in [1.165, 1.54) is 0 Å². The van der Waals surface area contributed by atoms with Gasteiger partial charge in [0.25, 0.3) is 5.91 Å². The number of furan rings is 1. The lowest BCUT2D eigenvalue weighted by molar-refractivity contribution is -0.133. The van der Waals surface area contributed by atoms with E-state index in [0.29, 0.717) is 36.7 Å². The average molecular weight is 434 g/mol. The molecule has 1 aliphatic heterocycles. The molecule has 5 rings (SSSR count). The molecule has 6 heteroatoms. The Morgan fingerprint density at radius 3 is 2.66 bits per heavy atom.